The van der Waals surface area contributed by atoms with Gasteiger partial charge in [0.15, 0.2) is 0 Å². The molecule has 1 atom stereocenters. The molecule has 0 radical (unpaired) electrons. The van der Waals surface area contributed by atoms with Gasteiger partial charge in [-0.15, -0.1) is 0 Å². The standard InChI is InChI=1S/C22H19NO5/c24-21(25)20(11-14-9-10-27-12-14)23-22(26)28-13-19-17-7-3-1-5-15(17)16-6-2-4-8-18(16)19/h1-10,12,19-20H,11,13H2,(H,23,26)(H,24,25)/t20-/m0/s1. The number of carboxylic acids is 1. The van der Waals surface area contributed by atoms with Gasteiger partial charge in [-0.05, 0) is 33.9 Å². The van der Waals surface area contributed by atoms with Crippen molar-refractivity contribution in [1.29, 1.82) is 0 Å². The predicted molar refractivity (Wildman–Crippen MR) is 102 cm³/mol. The molecule has 1 amide bonds. The molecule has 6 heteroatoms. The number of alkyl carbamates (subject to hydrolysis) is 1. The highest BCUT2D eigenvalue weighted by atomic mass is 16.5. The Kier molecular flexibility index (Phi) is 4.85. The van der Waals surface area contributed by atoms with Crippen LogP contribution in [-0.4, -0.2) is 29.8 Å². The molecule has 0 saturated carbocycles. The minimum Gasteiger partial charge on any atom is -0.480 e. The summed E-state index contributed by atoms with van der Waals surface area (Å²) in [6.45, 7) is 0.137. The molecule has 2 aromatic carbocycles. The van der Waals surface area contributed by atoms with Gasteiger partial charge in [0.2, 0.25) is 0 Å². The van der Waals surface area contributed by atoms with Crippen LogP contribution in [0.1, 0.15) is 22.6 Å². The number of hydrogen-bond acceptors (Lipinski definition) is 4. The molecule has 1 heterocycles. The zero-order valence-corrected chi connectivity index (χ0v) is 15.0. The summed E-state index contributed by atoms with van der Waals surface area (Å²) in [6, 6.07) is 16.6. The number of nitrogens with one attached hydrogen (secondary N) is 1. The van der Waals surface area contributed by atoms with Crippen LogP contribution in [0.4, 0.5) is 4.79 Å². The minimum absolute atomic E-state index is 0.0738. The van der Waals surface area contributed by atoms with Crippen molar-refractivity contribution >= 4 is 12.1 Å². The number of fused-ring (bicyclic) bond motifs is 3. The van der Waals surface area contributed by atoms with E-state index in [0.717, 1.165) is 22.3 Å². The molecule has 28 heavy (non-hydrogen) atoms. The molecule has 0 saturated heterocycles. The first-order valence-electron chi connectivity index (χ1n) is 8.99. The van der Waals surface area contributed by atoms with Crippen molar-refractivity contribution in [2.45, 2.75) is 18.4 Å². The number of ether oxygens (including phenoxy) is 1. The molecule has 1 aliphatic carbocycles. The third-order valence-corrected chi connectivity index (χ3v) is 4.95. The molecule has 4 rings (SSSR count). The summed E-state index contributed by atoms with van der Waals surface area (Å²) in [4.78, 5) is 23.7. The van der Waals surface area contributed by atoms with Gasteiger partial charge in [-0.1, -0.05) is 48.5 Å². The lowest BCUT2D eigenvalue weighted by Crippen LogP contribution is -2.42. The number of hydrogen-bond donors (Lipinski definition) is 2. The van der Waals surface area contributed by atoms with E-state index >= 15 is 0 Å². The lowest BCUT2D eigenvalue weighted by atomic mass is 9.98. The summed E-state index contributed by atoms with van der Waals surface area (Å²) < 4.78 is 10.3. The van der Waals surface area contributed by atoms with Gasteiger partial charge >= 0.3 is 12.1 Å². The van der Waals surface area contributed by atoms with Gasteiger partial charge in [-0.3, -0.25) is 0 Å². The van der Waals surface area contributed by atoms with Crippen molar-refractivity contribution in [3.8, 4) is 11.1 Å². The Balaban J connectivity index is 1.44. The van der Waals surface area contributed by atoms with Crippen LogP contribution >= 0.6 is 0 Å². The molecular weight excluding hydrogens is 358 g/mol. The largest absolute Gasteiger partial charge is 0.480 e. The fourth-order valence-electron chi connectivity index (χ4n) is 3.63. The number of carbonyl (C=O) groups excluding carboxylic acids is 1. The quantitative estimate of drug-likeness (QED) is 0.682. The highest BCUT2D eigenvalue weighted by Crippen LogP contribution is 2.44. The van der Waals surface area contributed by atoms with E-state index in [9.17, 15) is 14.7 Å². The lowest BCUT2D eigenvalue weighted by molar-refractivity contribution is -0.139. The van der Waals surface area contributed by atoms with Crippen molar-refractivity contribution in [2.75, 3.05) is 6.61 Å². The zero-order valence-electron chi connectivity index (χ0n) is 15.0. The van der Waals surface area contributed by atoms with E-state index in [2.05, 4.69) is 17.4 Å². The molecule has 0 fully saturated rings. The van der Waals surface area contributed by atoms with Crippen molar-refractivity contribution in [3.63, 3.8) is 0 Å². The fraction of sp³-hybridized carbons (Fsp3) is 0.182. The van der Waals surface area contributed by atoms with Gasteiger partial charge in [0.25, 0.3) is 0 Å². The Morgan fingerprint density at radius 3 is 2.25 bits per heavy atom. The van der Waals surface area contributed by atoms with E-state index in [1.54, 1.807) is 6.07 Å². The predicted octanol–water partition coefficient (Wildman–Crippen LogP) is 3.81. The first kappa shape index (κ1) is 17.9. The van der Waals surface area contributed by atoms with Crippen molar-refractivity contribution in [1.82, 2.24) is 5.32 Å². The second kappa shape index (κ2) is 7.60. The number of carbonyl (C=O) groups is 2. The summed E-state index contributed by atoms with van der Waals surface area (Å²) in [5, 5.41) is 11.8. The Hall–Kier alpha value is -3.54. The Labute approximate surface area is 161 Å². The summed E-state index contributed by atoms with van der Waals surface area (Å²) in [6.07, 6.45) is 2.28. The maximum atomic E-state index is 12.2. The van der Waals surface area contributed by atoms with Crippen molar-refractivity contribution in [2.24, 2.45) is 0 Å². The van der Waals surface area contributed by atoms with Crippen LogP contribution in [0.15, 0.2) is 71.5 Å². The van der Waals surface area contributed by atoms with Crippen LogP contribution in [-0.2, 0) is 16.0 Å². The van der Waals surface area contributed by atoms with Crippen LogP contribution in [0.25, 0.3) is 11.1 Å². The molecule has 2 N–H and O–H groups in total. The summed E-state index contributed by atoms with van der Waals surface area (Å²) in [5.41, 5.74) is 5.16. The molecule has 1 aromatic heterocycles. The number of carboxylic acid groups (broad SMARTS) is 1. The van der Waals surface area contributed by atoms with Crippen molar-refractivity contribution < 1.29 is 23.8 Å². The first-order chi connectivity index (χ1) is 13.6. The average molecular weight is 377 g/mol. The fourth-order valence-corrected chi connectivity index (χ4v) is 3.63. The van der Waals surface area contributed by atoms with E-state index in [0.29, 0.717) is 5.56 Å². The highest BCUT2D eigenvalue weighted by Gasteiger charge is 2.29. The average Bonchev–Trinajstić information content (AvgIpc) is 3.32. The number of rotatable bonds is 6. The second-order valence-corrected chi connectivity index (χ2v) is 6.70. The Morgan fingerprint density at radius 2 is 1.68 bits per heavy atom. The smallest absolute Gasteiger partial charge is 0.407 e. The van der Waals surface area contributed by atoms with Crippen LogP contribution in [0.2, 0.25) is 0 Å². The SMILES string of the molecule is O=C(N[C@@H](Cc1ccoc1)C(=O)O)OCC1c2ccccc2-c2ccccc21. The van der Waals surface area contributed by atoms with Gasteiger partial charge in [-0.2, -0.15) is 0 Å². The number of aliphatic carboxylic acids is 1. The first-order valence-corrected chi connectivity index (χ1v) is 8.99. The second-order valence-electron chi connectivity index (χ2n) is 6.70. The molecule has 0 unspecified atom stereocenters. The van der Waals surface area contributed by atoms with Gasteiger partial charge in [-0.25, -0.2) is 9.59 Å². The third-order valence-electron chi connectivity index (χ3n) is 4.95. The summed E-state index contributed by atoms with van der Waals surface area (Å²) in [7, 11) is 0. The number of benzene rings is 2. The molecule has 1 aliphatic rings. The zero-order chi connectivity index (χ0) is 19.5. The summed E-state index contributed by atoms with van der Waals surface area (Å²) in [5.74, 6) is -1.20. The molecule has 3 aromatic rings. The maximum Gasteiger partial charge on any atom is 0.407 e. The van der Waals surface area contributed by atoms with Gasteiger partial charge in [0.05, 0.1) is 12.5 Å². The molecular formula is C22H19NO5. The Morgan fingerprint density at radius 1 is 1.04 bits per heavy atom. The van der Waals surface area contributed by atoms with Gasteiger partial charge in [0.1, 0.15) is 12.6 Å². The topological polar surface area (TPSA) is 88.8 Å². The van der Waals surface area contributed by atoms with E-state index in [1.807, 2.05) is 36.4 Å². The van der Waals surface area contributed by atoms with Crippen LogP contribution in [0.3, 0.4) is 0 Å². The molecule has 142 valence electrons. The van der Waals surface area contributed by atoms with Gasteiger partial charge in [0, 0.05) is 12.3 Å². The van der Waals surface area contributed by atoms with E-state index in [1.165, 1.54) is 12.5 Å². The molecule has 0 bridgehead atoms. The number of amides is 1. The van der Waals surface area contributed by atoms with Crippen LogP contribution < -0.4 is 5.32 Å². The van der Waals surface area contributed by atoms with Gasteiger partial charge < -0.3 is 19.6 Å². The molecule has 0 aliphatic heterocycles. The maximum absolute atomic E-state index is 12.2. The van der Waals surface area contributed by atoms with Crippen LogP contribution in [0.5, 0.6) is 0 Å². The summed E-state index contributed by atoms with van der Waals surface area (Å²) >= 11 is 0. The third kappa shape index (κ3) is 3.49. The van der Waals surface area contributed by atoms with E-state index in [-0.39, 0.29) is 18.9 Å². The lowest BCUT2D eigenvalue weighted by Gasteiger charge is -2.17. The minimum atomic E-state index is -1.13. The monoisotopic (exact) mass is 377 g/mol. The van der Waals surface area contributed by atoms with E-state index < -0.39 is 18.1 Å². The van der Waals surface area contributed by atoms with Crippen molar-refractivity contribution in [3.05, 3.63) is 83.8 Å². The highest BCUT2D eigenvalue weighted by molar-refractivity contribution is 5.81. The number of furan rings is 1. The Bertz CT molecular complexity index is 950. The molecule has 0 spiro atoms. The van der Waals surface area contributed by atoms with Crippen LogP contribution in [0, 0.1) is 0 Å². The van der Waals surface area contributed by atoms with E-state index in [4.69, 9.17) is 9.15 Å². The normalized spacial score (nSPS) is 13.4. The molecule has 6 nitrogen and oxygen atoms in total.